The number of hydrogen-bond donors (Lipinski definition) is 1. The van der Waals surface area contributed by atoms with Crippen molar-refractivity contribution in [3.05, 3.63) is 12.2 Å². The van der Waals surface area contributed by atoms with Gasteiger partial charge in [-0.15, -0.1) is 0 Å². The maximum absolute atomic E-state index is 11.6. The van der Waals surface area contributed by atoms with Crippen LogP contribution in [0.3, 0.4) is 0 Å². The van der Waals surface area contributed by atoms with Crippen LogP contribution in [-0.2, 0) is 14.3 Å². The van der Waals surface area contributed by atoms with Crippen molar-refractivity contribution >= 4 is 11.9 Å². The Morgan fingerprint density at radius 2 is 1.55 bits per heavy atom. The lowest BCUT2D eigenvalue weighted by Crippen LogP contribution is -2.27. The largest absolute Gasteiger partial charge is 0.478 e. The molecule has 0 unspecified atom stereocenters. The fourth-order valence-electron chi connectivity index (χ4n) is 3.58. The lowest BCUT2D eigenvalue weighted by Gasteiger charge is -2.31. The summed E-state index contributed by atoms with van der Waals surface area (Å²) in [7, 11) is 0. The highest BCUT2D eigenvalue weighted by atomic mass is 16.5. The third-order valence-electron chi connectivity index (χ3n) is 4.74. The van der Waals surface area contributed by atoms with Gasteiger partial charge in [0.15, 0.2) is 0 Å². The maximum atomic E-state index is 11.6. The van der Waals surface area contributed by atoms with Gasteiger partial charge >= 0.3 is 11.9 Å². The minimum absolute atomic E-state index is 0.0262. The SMILES string of the molecule is C=C(CC(=O)OC1CCC(C2CCCC2)CC1)C(=O)O. The molecule has 0 atom stereocenters. The molecule has 0 heterocycles. The standard InChI is InChI=1S/C16H24O4/c1-11(16(18)19)10-15(17)20-14-8-6-13(7-9-14)12-4-2-3-5-12/h12-14H,1-10H2,(H,18,19). The van der Waals surface area contributed by atoms with Crippen molar-refractivity contribution in [1.82, 2.24) is 0 Å². The van der Waals surface area contributed by atoms with E-state index in [0.717, 1.165) is 37.5 Å². The average molecular weight is 280 g/mol. The highest BCUT2D eigenvalue weighted by molar-refractivity contribution is 5.91. The van der Waals surface area contributed by atoms with Gasteiger partial charge in [-0.05, 0) is 37.5 Å². The van der Waals surface area contributed by atoms with Crippen molar-refractivity contribution in [2.45, 2.75) is 63.9 Å². The summed E-state index contributed by atoms with van der Waals surface area (Å²) in [6, 6.07) is 0. The van der Waals surface area contributed by atoms with Crippen molar-refractivity contribution < 1.29 is 19.4 Å². The van der Waals surface area contributed by atoms with E-state index < -0.39 is 11.9 Å². The summed E-state index contributed by atoms with van der Waals surface area (Å²) in [5, 5.41) is 8.69. The molecular weight excluding hydrogens is 256 g/mol. The van der Waals surface area contributed by atoms with Crippen LogP contribution in [0.4, 0.5) is 0 Å². The third kappa shape index (κ3) is 4.09. The third-order valence-corrected chi connectivity index (χ3v) is 4.74. The molecule has 0 aromatic heterocycles. The molecule has 1 N–H and O–H groups in total. The van der Waals surface area contributed by atoms with E-state index in [1.807, 2.05) is 0 Å². The minimum atomic E-state index is -1.13. The van der Waals surface area contributed by atoms with Crippen molar-refractivity contribution in [2.24, 2.45) is 11.8 Å². The topological polar surface area (TPSA) is 63.6 Å². The molecule has 0 saturated heterocycles. The van der Waals surface area contributed by atoms with E-state index in [2.05, 4.69) is 6.58 Å². The molecule has 0 radical (unpaired) electrons. The molecule has 2 saturated carbocycles. The van der Waals surface area contributed by atoms with Gasteiger partial charge in [-0.1, -0.05) is 32.3 Å². The molecule has 20 heavy (non-hydrogen) atoms. The molecule has 0 bridgehead atoms. The minimum Gasteiger partial charge on any atom is -0.478 e. The average Bonchev–Trinajstić information content (AvgIpc) is 2.93. The van der Waals surface area contributed by atoms with E-state index >= 15 is 0 Å². The van der Waals surface area contributed by atoms with Gasteiger partial charge in [0, 0.05) is 5.57 Å². The first-order chi connectivity index (χ1) is 9.56. The van der Waals surface area contributed by atoms with E-state index in [9.17, 15) is 9.59 Å². The predicted molar refractivity (Wildman–Crippen MR) is 75.2 cm³/mol. The zero-order valence-corrected chi connectivity index (χ0v) is 12.0. The number of carbonyl (C=O) groups excluding carboxylic acids is 1. The molecule has 0 aliphatic heterocycles. The molecule has 2 fully saturated rings. The van der Waals surface area contributed by atoms with E-state index in [1.165, 1.54) is 25.7 Å². The lowest BCUT2D eigenvalue weighted by molar-refractivity contribution is -0.151. The number of carboxylic acids is 1. The zero-order valence-electron chi connectivity index (χ0n) is 12.0. The van der Waals surface area contributed by atoms with E-state index in [-0.39, 0.29) is 18.1 Å². The second-order valence-electron chi connectivity index (χ2n) is 6.16. The number of ether oxygens (including phenoxy) is 1. The summed E-state index contributed by atoms with van der Waals surface area (Å²) in [6.07, 6.45) is 9.37. The van der Waals surface area contributed by atoms with Gasteiger partial charge < -0.3 is 9.84 Å². The second-order valence-corrected chi connectivity index (χ2v) is 6.16. The Labute approximate surface area is 120 Å². The maximum Gasteiger partial charge on any atom is 0.331 e. The van der Waals surface area contributed by atoms with Crippen LogP contribution in [0.2, 0.25) is 0 Å². The number of esters is 1. The first-order valence-corrected chi connectivity index (χ1v) is 7.67. The number of carboxylic acid groups (broad SMARTS) is 1. The van der Waals surface area contributed by atoms with E-state index in [0.29, 0.717) is 0 Å². The molecule has 2 aliphatic carbocycles. The monoisotopic (exact) mass is 280 g/mol. The van der Waals surface area contributed by atoms with Crippen LogP contribution < -0.4 is 0 Å². The quantitative estimate of drug-likeness (QED) is 0.620. The van der Waals surface area contributed by atoms with Gasteiger partial charge in [-0.3, -0.25) is 4.79 Å². The van der Waals surface area contributed by atoms with Gasteiger partial charge in [0.25, 0.3) is 0 Å². The number of rotatable bonds is 5. The molecule has 2 aliphatic rings. The van der Waals surface area contributed by atoms with E-state index in [4.69, 9.17) is 9.84 Å². The Bertz CT molecular complexity index is 374. The lowest BCUT2D eigenvalue weighted by atomic mass is 9.78. The van der Waals surface area contributed by atoms with Crippen LogP contribution in [0.15, 0.2) is 12.2 Å². The van der Waals surface area contributed by atoms with Crippen molar-refractivity contribution in [3.8, 4) is 0 Å². The molecule has 0 amide bonds. The highest BCUT2D eigenvalue weighted by Gasteiger charge is 2.30. The van der Waals surface area contributed by atoms with Gasteiger partial charge in [-0.25, -0.2) is 4.79 Å². The van der Waals surface area contributed by atoms with Crippen molar-refractivity contribution in [1.29, 1.82) is 0 Å². The first-order valence-electron chi connectivity index (χ1n) is 7.67. The predicted octanol–water partition coefficient (Wildman–Crippen LogP) is 3.31. The molecule has 2 rings (SSSR count). The summed E-state index contributed by atoms with van der Waals surface area (Å²) < 4.78 is 5.36. The molecule has 0 aromatic rings. The smallest absolute Gasteiger partial charge is 0.331 e. The highest BCUT2D eigenvalue weighted by Crippen LogP contribution is 2.39. The van der Waals surface area contributed by atoms with Crippen molar-refractivity contribution in [3.63, 3.8) is 0 Å². The Kier molecular flexibility index (Phi) is 5.21. The normalized spacial score (nSPS) is 27.2. The summed E-state index contributed by atoms with van der Waals surface area (Å²) in [4.78, 5) is 22.2. The molecular formula is C16H24O4. The summed E-state index contributed by atoms with van der Waals surface area (Å²) in [5.41, 5.74) is -0.102. The van der Waals surface area contributed by atoms with Gasteiger partial charge in [0.1, 0.15) is 6.10 Å². The fraction of sp³-hybridized carbons (Fsp3) is 0.750. The molecule has 4 heteroatoms. The second kappa shape index (κ2) is 6.91. The van der Waals surface area contributed by atoms with Crippen molar-refractivity contribution in [2.75, 3.05) is 0 Å². The Morgan fingerprint density at radius 3 is 2.10 bits per heavy atom. The first kappa shape index (κ1) is 15.1. The molecule has 0 aromatic carbocycles. The van der Waals surface area contributed by atoms with Crippen LogP contribution in [0.25, 0.3) is 0 Å². The summed E-state index contributed by atoms with van der Waals surface area (Å²) in [6.45, 7) is 3.35. The summed E-state index contributed by atoms with van der Waals surface area (Å²) in [5.74, 6) is 0.105. The number of hydrogen-bond acceptors (Lipinski definition) is 3. The molecule has 0 spiro atoms. The molecule has 4 nitrogen and oxygen atoms in total. The van der Waals surface area contributed by atoms with Crippen LogP contribution in [0, 0.1) is 11.8 Å². The number of carbonyl (C=O) groups is 2. The Hall–Kier alpha value is -1.32. The zero-order chi connectivity index (χ0) is 14.5. The van der Waals surface area contributed by atoms with Gasteiger partial charge in [0.05, 0.1) is 6.42 Å². The van der Waals surface area contributed by atoms with Crippen LogP contribution in [0.5, 0.6) is 0 Å². The Morgan fingerprint density at radius 1 is 1.00 bits per heavy atom. The Balaban J connectivity index is 1.69. The van der Waals surface area contributed by atoms with Crippen LogP contribution in [-0.4, -0.2) is 23.1 Å². The summed E-state index contributed by atoms with van der Waals surface area (Å²) >= 11 is 0. The van der Waals surface area contributed by atoms with E-state index in [1.54, 1.807) is 0 Å². The fourth-order valence-corrected chi connectivity index (χ4v) is 3.58. The van der Waals surface area contributed by atoms with Crippen LogP contribution >= 0.6 is 0 Å². The van der Waals surface area contributed by atoms with Gasteiger partial charge in [-0.2, -0.15) is 0 Å². The molecule has 112 valence electrons. The van der Waals surface area contributed by atoms with Crippen LogP contribution in [0.1, 0.15) is 57.8 Å². The van der Waals surface area contributed by atoms with Gasteiger partial charge in [0.2, 0.25) is 0 Å². The number of aliphatic carboxylic acids is 1.